The summed E-state index contributed by atoms with van der Waals surface area (Å²) in [7, 11) is 0. The Labute approximate surface area is 128 Å². The Kier molecular flexibility index (Phi) is 4.69. The molecule has 0 bridgehead atoms. The number of hydrogen-bond donors (Lipinski definition) is 1. The molecule has 0 unspecified atom stereocenters. The third-order valence-electron chi connectivity index (χ3n) is 3.23. The van der Waals surface area contributed by atoms with Crippen LogP contribution in [0, 0.1) is 25.2 Å². The van der Waals surface area contributed by atoms with E-state index >= 15 is 0 Å². The van der Waals surface area contributed by atoms with Gasteiger partial charge < -0.3 is 5.32 Å². The minimum absolute atomic E-state index is 0.130. The monoisotopic (exact) mass is 296 g/mol. The van der Waals surface area contributed by atoms with Gasteiger partial charge in [-0.15, -0.1) is 0 Å². The molecule has 0 aliphatic rings. The summed E-state index contributed by atoms with van der Waals surface area (Å²) in [5, 5.41) is 11.7. The molecule has 0 aliphatic heterocycles. The number of aryl methyl sites for hydroxylation is 2. The number of aromatic nitrogens is 2. The normalized spacial score (nSPS) is 10.0. The molecule has 1 heterocycles. The van der Waals surface area contributed by atoms with Crippen molar-refractivity contribution >= 4 is 11.6 Å². The predicted molar refractivity (Wildman–Crippen MR) is 82.4 cm³/mol. The van der Waals surface area contributed by atoms with E-state index in [0.717, 1.165) is 5.69 Å². The van der Waals surface area contributed by atoms with Crippen LogP contribution in [0.5, 0.6) is 0 Å². The Morgan fingerprint density at radius 1 is 1.36 bits per heavy atom. The SMILES string of the molecule is Cc1cc(C)n(CCC(=O)Nc2ccccc2C#N)c(=O)n1. The number of rotatable bonds is 4. The van der Waals surface area contributed by atoms with Crippen LogP contribution in [0.1, 0.15) is 23.4 Å². The number of carbonyl (C=O) groups is 1. The van der Waals surface area contributed by atoms with Gasteiger partial charge in [-0.05, 0) is 32.0 Å². The van der Waals surface area contributed by atoms with Gasteiger partial charge in [0.2, 0.25) is 5.91 Å². The first-order chi connectivity index (χ1) is 10.5. The molecule has 112 valence electrons. The number of anilines is 1. The van der Waals surface area contributed by atoms with Crippen molar-refractivity contribution in [3.63, 3.8) is 0 Å². The Bertz CT molecular complexity index is 803. The van der Waals surface area contributed by atoms with Crippen LogP contribution in [0.15, 0.2) is 35.1 Å². The molecule has 1 aromatic heterocycles. The number of amides is 1. The molecule has 1 N–H and O–H groups in total. The lowest BCUT2D eigenvalue weighted by atomic mass is 10.2. The fourth-order valence-corrected chi connectivity index (χ4v) is 2.16. The van der Waals surface area contributed by atoms with E-state index in [4.69, 9.17) is 5.26 Å². The molecular formula is C16H16N4O2. The zero-order chi connectivity index (χ0) is 16.1. The summed E-state index contributed by atoms with van der Waals surface area (Å²) < 4.78 is 1.46. The fourth-order valence-electron chi connectivity index (χ4n) is 2.16. The summed E-state index contributed by atoms with van der Waals surface area (Å²) in [6.45, 7) is 3.81. The molecule has 1 aromatic carbocycles. The van der Waals surface area contributed by atoms with E-state index in [9.17, 15) is 9.59 Å². The number of carbonyl (C=O) groups excluding carboxylic acids is 1. The molecule has 6 heteroatoms. The zero-order valence-electron chi connectivity index (χ0n) is 12.5. The number of nitrogens with one attached hydrogen (secondary N) is 1. The van der Waals surface area contributed by atoms with Crippen LogP contribution in [0.3, 0.4) is 0 Å². The van der Waals surface area contributed by atoms with Crippen LogP contribution in [0.4, 0.5) is 5.69 Å². The molecule has 6 nitrogen and oxygen atoms in total. The van der Waals surface area contributed by atoms with Crippen LogP contribution < -0.4 is 11.0 Å². The molecule has 2 rings (SSSR count). The molecule has 0 aliphatic carbocycles. The number of nitriles is 1. The number of para-hydroxylation sites is 1. The summed E-state index contributed by atoms with van der Waals surface area (Å²) in [6, 6.07) is 10.6. The van der Waals surface area contributed by atoms with Crippen LogP contribution in [-0.4, -0.2) is 15.5 Å². The number of benzene rings is 1. The van der Waals surface area contributed by atoms with E-state index in [-0.39, 0.29) is 24.6 Å². The van der Waals surface area contributed by atoms with Crippen LogP contribution in [0.2, 0.25) is 0 Å². The lowest BCUT2D eigenvalue weighted by molar-refractivity contribution is -0.116. The molecule has 2 aromatic rings. The van der Waals surface area contributed by atoms with Gasteiger partial charge >= 0.3 is 5.69 Å². The molecule has 22 heavy (non-hydrogen) atoms. The van der Waals surface area contributed by atoms with Crippen molar-refractivity contribution in [2.45, 2.75) is 26.8 Å². The summed E-state index contributed by atoms with van der Waals surface area (Å²) in [4.78, 5) is 27.7. The van der Waals surface area contributed by atoms with Crippen molar-refractivity contribution in [1.82, 2.24) is 9.55 Å². The minimum Gasteiger partial charge on any atom is -0.325 e. The van der Waals surface area contributed by atoms with Crippen molar-refractivity contribution in [1.29, 1.82) is 5.26 Å². The van der Waals surface area contributed by atoms with E-state index in [1.807, 2.05) is 6.07 Å². The van der Waals surface area contributed by atoms with Crippen molar-refractivity contribution in [3.05, 3.63) is 57.8 Å². The lowest BCUT2D eigenvalue weighted by Crippen LogP contribution is -2.27. The largest absolute Gasteiger partial charge is 0.347 e. The van der Waals surface area contributed by atoms with E-state index < -0.39 is 0 Å². The van der Waals surface area contributed by atoms with E-state index in [2.05, 4.69) is 10.3 Å². The summed E-state index contributed by atoms with van der Waals surface area (Å²) >= 11 is 0. The molecule has 0 spiro atoms. The quantitative estimate of drug-likeness (QED) is 0.931. The lowest BCUT2D eigenvalue weighted by Gasteiger charge is -2.10. The fraction of sp³-hybridized carbons (Fsp3) is 0.250. The average Bonchev–Trinajstić information content (AvgIpc) is 2.46. The smallest absolute Gasteiger partial charge is 0.325 e. The topological polar surface area (TPSA) is 87.8 Å². The highest BCUT2D eigenvalue weighted by atomic mass is 16.2. The number of hydrogen-bond acceptors (Lipinski definition) is 4. The van der Waals surface area contributed by atoms with Gasteiger partial charge in [0.1, 0.15) is 6.07 Å². The average molecular weight is 296 g/mol. The number of nitrogens with zero attached hydrogens (tertiary/aromatic N) is 3. The van der Waals surface area contributed by atoms with Gasteiger partial charge in [0.25, 0.3) is 0 Å². The second-order valence-corrected chi connectivity index (χ2v) is 4.93. The Morgan fingerprint density at radius 3 is 2.77 bits per heavy atom. The maximum absolute atomic E-state index is 12.0. The Balaban J connectivity index is 2.05. The molecular weight excluding hydrogens is 280 g/mol. The summed E-state index contributed by atoms with van der Waals surface area (Å²) in [6.07, 6.45) is 0.130. The van der Waals surface area contributed by atoms with Crippen molar-refractivity contribution < 1.29 is 4.79 Å². The van der Waals surface area contributed by atoms with Gasteiger partial charge in [-0.2, -0.15) is 10.2 Å². The van der Waals surface area contributed by atoms with E-state index in [1.54, 1.807) is 44.2 Å². The van der Waals surface area contributed by atoms with Crippen LogP contribution in [0.25, 0.3) is 0 Å². The molecule has 0 atom stereocenters. The molecule has 0 fully saturated rings. The highest BCUT2D eigenvalue weighted by molar-refractivity contribution is 5.92. The van der Waals surface area contributed by atoms with Crippen LogP contribution in [-0.2, 0) is 11.3 Å². The molecule has 0 saturated carbocycles. The van der Waals surface area contributed by atoms with Gasteiger partial charge in [-0.1, -0.05) is 12.1 Å². The van der Waals surface area contributed by atoms with Crippen molar-refractivity contribution in [3.8, 4) is 6.07 Å². The first kappa shape index (κ1) is 15.4. The van der Waals surface area contributed by atoms with Gasteiger partial charge in [0.05, 0.1) is 11.3 Å². The second-order valence-electron chi connectivity index (χ2n) is 4.93. The maximum Gasteiger partial charge on any atom is 0.347 e. The zero-order valence-corrected chi connectivity index (χ0v) is 12.5. The minimum atomic E-state index is -0.359. The Morgan fingerprint density at radius 2 is 2.09 bits per heavy atom. The first-order valence-corrected chi connectivity index (χ1v) is 6.85. The van der Waals surface area contributed by atoms with E-state index in [1.165, 1.54) is 4.57 Å². The van der Waals surface area contributed by atoms with Gasteiger partial charge in [-0.25, -0.2) is 4.79 Å². The van der Waals surface area contributed by atoms with Gasteiger partial charge in [0, 0.05) is 24.4 Å². The first-order valence-electron chi connectivity index (χ1n) is 6.85. The third kappa shape index (κ3) is 3.58. The van der Waals surface area contributed by atoms with Crippen molar-refractivity contribution in [2.24, 2.45) is 0 Å². The standard InChI is InChI=1S/C16H16N4O2/c1-11-9-12(2)20(16(22)18-11)8-7-15(21)19-14-6-4-3-5-13(14)10-17/h3-6,9H,7-8H2,1-2H3,(H,19,21). The van der Waals surface area contributed by atoms with Gasteiger partial charge in [0.15, 0.2) is 0 Å². The highest BCUT2D eigenvalue weighted by Crippen LogP contribution is 2.13. The Hall–Kier alpha value is -2.94. The second kappa shape index (κ2) is 6.68. The summed E-state index contributed by atoms with van der Waals surface area (Å²) in [5.41, 5.74) is 1.94. The third-order valence-corrected chi connectivity index (χ3v) is 3.23. The maximum atomic E-state index is 12.0. The highest BCUT2D eigenvalue weighted by Gasteiger charge is 2.09. The summed E-state index contributed by atoms with van der Waals surface area (Å²) in [5.74, 6) is -0.255. The molecule has 0 saturated heterocycles. The predicted octanol–water partition coefficient (Wildman–Crippen LogP) is 1.76. The van der Waals surface area contributed by atoms with Crippen molar-refractivity contribution in [2.75, 3.05) is 5.32 Å². The molecule has 0 radical (unpaired) electrons. The van der Waals surface area contributed by atoms with Gasteiger partial charge in [-0.3, -0.25) is 9.36 Å². The van der Waals surface area contributed by atoms with E-state index in [0.29, 0.717) is 16.9 Å². The molecule has 1 amide bonds. The van der Waals surface area contributed by atoms with Crippen LogP contribution >= 0.6 is 0 Å².